The van der Waals surface area contributed by atoms with Crippen molar-refractivity contribution in [3.8, 4) is 0 Å². The normalized spacial score (nSPS) is 11.1. The second kappa shape index (κ2) is 17.5. The van der Waals surface area contributed by atoms with Crippen LogP contribution in [0.2, 0.25) is 0 Å². The number of likely N-dealkylation sites (N-methyl/N-ethyl adjacent to an activating group) is 1. The lowest BCUT2D eigenvalue weighted by atomic mass is 10.1. The zero-order valence-electron chi connectivity index (χ0n) is 15.0. The molecule has 1 unspecified atom stereocenters. The van der Waals surface area contributed by atoms with Crippen LogP contribution in [-0.2, 0) is 9.59 Å². The van der Waals surface area contributed by atoms with E-state index in [4.69, 9.17) is 21.7 Å². The van der Waals surface area contributed by atoms with Gasteiger partial charge in [0.05, 0.1) is 0 Å². The molecule has 0 aliphatic carbocycles. The molecule has 0 heterocycles. The Balaban J connectivity index is 0. The molecule has 0 rings (SSSR count). The van der Waals surface area contributed by atoms with E-state index in [1.54, 1.807) is 0 Å². The van der Waals surface area contributed by atoms with Gasteiger partial charge in [-0.3, -0.25) is 14.6 Å². The van der Waals surface area contributed by atoms with Crippen molar-refractivity contribution in [3.63, 3.8) is 0 Å². The van der Waals surface area contributed by atoms with Crippen molar-refractivity contribution in [2.75, 3.05) is 13.1 Å². The fraction of sp³-hybridized carbons (Fsp3) is 0.812. The Bertz CT molecular complexity index is 358. The molecule has 0 aromatic rings. The van der Waals surface area contributed by atoms with Crippen LogP contribution in [0.1, 0.15) is 65.2 Å². The first kappa shape index (κ1) is 24.4. The quantitative estimate of drug-likeness (QED) is 0.193. The van der Waals surface area contributed by atoms with E-state index in [1.807, 2.05) is 6.92 Å². The minimum atomic E-state index is -0.837. The SMILES string of the molecule is CCCCCCCC(=O)O.CCNC(CCCN=C(N)N)C(=O)O. The lowest BCUT2D eigenvalue weighted by molar-refractivity contribution is -0.140. The maximum absolute atomic E-state index is 10.7. The molecule has 1 atom stereocenters. The zero-order chi connectivity index (χ0) is 18.8. The molecule has 24 heavy (non-hydrogen) atoms. The summed E-state index contributed by atoms with van der Waals surface area (Å²) in [5, 5.41) is 19.9. The predicted octanol–water partition coefficient (Wildman–Crippen LogP) is 1.53. The van der Waals surface area contributed by atoms with Gasteiger partial charge in [-0.15, -0.1) is 0 Å². The number of carboxylic acids is 2. The Morgan fingerprint density at radius 3 is 2.12 bits per heavy atom. The Morgan fingerprint density at radius 1 is 1.04 bits per heavy atom. The van der Waals surface area contributed by atoms with Gasteiger partial charge in [0.2, 0.25) is 0 Å². The third-order valence-corrected chi connectivity index (χ3v) is 3.19. The molecule has 142 valence electrons. The monoisotopic (exact) mass is 346 g/mol. The third-order valence-electron chi connectivity index (χ3n) is 3.19. The van der Waals surface area contributed by atoms with Crippen LogP contribution in [0.25, 0.3) is 0 Å². The van der Waals surface area contributed by atoms with E-state index in [-0.39, 0.29) is 5.96 Å². The molecular weight excluding hydrogens is 312 g/mol. The van der Waals surface area contributed by atoms with Crippen LogP contribution in [-0.4, -0.2) is 47.2 Å². The molecule has 0 aromatic heterocycles. The summed E-state index contributed by atoms with van der Waals surface area (Å²) in [5.41, 5.74) is 10.2. The van der Waals surface area contributed by atoms with Crippen LogP contribution in [0.3, 0.4) is 0 Å². The molecule has 0 bridgehead atoms. The van der Waals surface area contributed by atoms with E-state index in [0.717, 1.165) is 12.8 Å². The number of aliphatic imine (C=N–C) groups is 1. The largest absolute Gasteiger partial charge is 0.481 e. The van der Waals surface area contributed by atoms with Crippen LogP contribution >= 0.6 is 0 Å². The molecule has 0 aliphatic rings. The van der Waals surface area contributed by atoms with Gasteiger partial charge >= 0.3 is 11.9 Å². The van der Waals surface area contributed by atoms with Crippen molar-refractivity contribution < 1.29 is 19.8 Å². The average molecular weight is 346 g/mol. The summed E-state index contributed by atoms with van der Waals surface area (Å²) >= 11 is 0. The number of unbranched alkanes of at least 4 members (excludes halogenated alkanes) is 4. The van der Waals surface area contributed by atoms with Crippen molar-refractivity contribution in [1.82, 2.24) is 5.32 Å². The van der Waals surface area contributed by atoms with Gasteiger partial charge in [-0.1, -0.05) is 39.5 Å². The number of carbonyl (C=O) groups is 2. The fourth-order valence-corrected chi connectivity index (χ4v) is 1.94. The van der Waals surface area contributed by atoms with Gasteiger partial charge in [0.15, 0.2) is 5.96 Å². The highest BCUT2D eigenvalue weighted by Crippen LogP contribution is 2.04. The molecule has 0 saturated carbocycles. The van der Waals surface area contributed by atoms with Crippen LogP contribution < -0.4 is 16.8 Å². The maximum atomic E-state index is 10.7. The van der Waals surface area contributed by atoms with Gasteiger partial charge in [-0.25, -0.2) is 0 Å². The van der Waals surface area contributed by atoms with E-state index in [1.165, 1.54) is 19.3 Å². The van der Waals surface area contributed by atoms with Crippen molar-refractivity contribution in [2.24, 2.45) is 16.5 Å². The minimum absolute atomic E-state index is 0.0420. The smallest absolute Gasteiger partial charge is 0.320 e. The molecule has 0 radical (unpaired) electrons. The third kappa shape index (κ3) is 20.2. The molecule has 7 N–H and O–H groups in total. The maximum Gasteiger partial charge on any atom is 0.320 e. The highest BCUT2D eigenvalue weighted by Gasteiger charge is 2.14. The first-order valence-corrected chi connectivity index (χ1v) is 8.58. The summed E-state index contributed by atoms with van der Waals surface area (Å²) in [5.74, 6) is -1.46. The van der Waals surface area contributed by atoms with E-state index in [2.05, 4.69) is 17.2 Å². The van der Waals surface area contributed by atoms with E-state index < -0.39 is 18.0 Å². The van der Waals surface area contributed by atoms with Gasteiger partial charge in [0.25, 0.3) is 0 Å². The Kier molecular flexibility index (Phi) is 17.8. The van der Waals surface area contributed by atoms with Gasteiger partial charge in [-0.05, 0) is 25.8 Å². The summed E-state index contributed by atoms with van der Waals surface area (Å²) in [7, 11) is 0. The van der Waals surface area contributed by atoms with Crippen molar-refractivity contribution >= 4 is 17.9 Å². The molecule has 0 aliphatic heterocycles. The molecule has 0 aromatic carbocycles. The molecule has 0 fully saturated rings. The number of aliphatic carboxylic acids is 2. The van der Waals surface area contributed by atoms with Crippen LogP contribution in [0.4, 0.5) is 0 Å². The van der Waals surface area contributed by atoms with E-state index in [0.29, 0.717) is 32.4 Å². The van der Waals surface area contributed by atoms with Crippen molar-refractivity contribution in [3.05, 3.63) is 0 Å². The molecule has 0 spiro atoms. The Hall–Kier alpha value is -1.83. The second-order valence-electron chi connectivity index (χ2n) is 5.46. The highest BCUT2D eigenvalue weighted by atomic mass is 16.4. The molecule has 8 heteroatoms. The number of nitrogens with one attached hydrogen (secondary N) is 1. The topological polar surface area (TPSA) is 151 Å². The first-order chi connectivity index (χ1) is 11.3. The zero-order valence-corrected chi connectivity index (χ0v) is 15.0. The number of guanidine groups is 1. The van der Waals surface area contributed by atoms with Crippen LogP contribution in [0.15, 0.2) is 4.99 Å². The van der Waals surface area contributed by atoms with Crippen molar-refractivity contribution in [1.29, 1.82) is 0 Å². The average Bonchev–Trinajstić information content (AvgIpc) is 2.50. The number of carboxylic acid groups (broad SMARTS) is 2. The van der Waals surface area contributed by atoms with Crippen LogP contribution in [0, 0.1) is 0 Å². The lowest BCUT2D eigenvalue weighted by Crippen LogP contribution is -2.36. The summed E-state index contributed by atoms with van der Waals surface area (Å²) < 4.78 is 0. The van der Waals surface area contributed by atoms with Gasteiger partial charge in [0.1, 0.15) is 6.04 Å². The number of rotatable bonds is 13. The number of hydrogen-bond donors (Lipinski definition) is 5. The van der Waals surface area contributed by atoms with Gasteiger partial charge < -0.3 is 27.0 Å². The van der Waals surface area contributed by atoms with Crippen LogP contribution in [0.5, 0.6) is 0 Å². The first-order valence-electron chi connectivity index (χ1n) is 8.58. The Labute approximate surface area is 144 Å². The van der Waals surface area contributed by atoms with Crippen molar-refractivity contribution in [2.45, 2.75) is 71.3 Å². The summed E-state index contributed by atoms with van der Waals surface area (Å²) in [6.07, 6.45) is 7.07. The number of nitrogens with two attached hydrogens (primary N) is 2. The summed E-state index contributed by atoms with van der Waals surface area (Å²) in [6, 6.07) is -0.505. The number of nitrogens with zero attached hydrogens (tertiary/aromatic N) is 1. The summed E-state index contributed by atoms with van der Waals surface area (Å²) in [6.45, 7) is 5.12. The van der Waals surface area contributed by atoms with Gasteiger partial charge in [0, 0.05) is 13.0 Å². The second-order valence-corrected chi connectivity index (χ2v) is 5.46. The molecule has 8 nitrogen and oxygen atoms in total. The van der Waals surface area contributed by atoms with Gasteiger partial charge in [-0.2, -0.15) is 0 Å². The fourth-order valence-electron chi connectivity index (χ4n) is 1.94. The molecule has 0 saturated heterocycles. The van der Waals surface area contributed by atoms with E-state index in [9.17, 15) is 9.59 Å². The highest BCUT2D eigenvalue weighted by molar-refractivity contribution is 5.75. The lowest BCUT2D eigenvalue weighted by Gasteiger charge is -2.11. The molecule has 0 amide bonds. The van der Waals surface area contributed by atoms with E-state index >= 15 is 0 Å². The number of hydrogen-bond acceptors (Lipinski definition) is 4. The minimum Gasteiger partial charge on any atom is -0.481 e. The Morgan fingerprint density at radius 2 is 1.67 bits per heavy atom. The summed E-state index contributed by atoms with van der Waals surface area (Å²) in [4.78, 5) is 24.5. The predicted molar refractivity (Wildman–Crippen MR) is 96.0 cm³/mol. The molecular formula is C16H34N4O4. The standard InChI is InChI=1S/C8H18N4O2.C8H16O2/c1-2-11-6(7(13)14)4-3-5-12-8(9)10;1-2-3-4-5-6-7-8(9)10/h6,11H,2-5H2,1H3,(H,13,14)(H4,9,10,12);2-7H2,1H3,(H,9,10).